The molecule has 3 N–H and O–H groups in total. The van der Waals surface area contributed by atoms with Gasteiger partial charge >= 0.3 is 0 Å². The Kier molecular flexibility index (Phi) is 5.90. The van der Waals surface area contributed by atoms with E-state index in [-0.39, 0.29) is 6.04 Å². The lowest BCUT2D eigenvalue weighted by Gasteiger charge is -2.20. The summed E-state index contributed by atoms with van der Waals surface area (Å²) in [6.07, 6.45) is 1.84. The standard InChI is InChI=1S/C27H21Cl3N4/c1-15(31)25-24(21-11-9-19(29)13-23(21)33-25)27-26(17-6-4-3-5-7-17)32-14-34(27)16(2)20-10-8-18(28)12-22(20)30/h3-14,16,33H,1,31H2,2H3. The molecule has 170 valence electrons. The molecule has 0 spiro atoms. The summed E-state index contributed by atoms with van der Waals surface area (Å²) in [6.45, 7) is 6.10. The van der Waals surface area contributed by atoms with Crippen LogP contribution in [0.3, 0.4) is 0 Å². The quantitative estimate of drug-likeness (QED) is 0.252. The minimum Gasteiger partial charge on any atom is -0.398 e. The third-order valence-electron chi connectivity index (χ3n) is 5.99. The highest BCUT2D eigenvalue weighted by Crippen LogP contribution is 2.42. The number of aromatic nitrogens is 3. The number of nitrogens with one attached hydrogen (secondary N) is 1. The van der Waals surface area contributed by atoms with Crippen LogP contribution in [0.2, 0.25) is 15.1 Å². The van der Waals surface area contributed by atoms with Crippen LogP contribution in [0.5, 0.6) is 0 Å². The monoisotopic (exact) mass is 506 g/mol. The van der Waals surface area contributed by atoms with E-state index in [1.54, 1.807) is 6.07 Å². The Morgan fingerprint density at radius 3 is 2.41 bits per heavy atom. The molecule has 4 nitrogen and oxygen atoms in total. The Morgan fingerprint density at radius 1 is 1.00 bits per heavy atom. The lowest BCUT2D eigenvalue weighted by molar-refractivity contribution is 0.645. The van der Waals surface area contributed by atoms with Crippen LogP contribution in [-0.4, -0.2) is 14.5 Å². The highest BCUT2D eigenvalue weighted by Gasteiger charge is 2.26. The Bertz CT molecular complexity index is 1530. The first kappa shape index (κ1) is 22.6. The van der Waals surface area contributed by atoms with Gasteiger partial charge in [-0.2, -0.15) is 0 Å². The van der Waals surface area contributed by atoms with Crippen molar-refractivity contribution in [2.75, 3.05) is 0 Å². The molecule has 5 aromatic rings. The van der Waals surface area contributed by atoms with Crippen molar-refractivity contribution < 1.29 is 0 Å². The minimum absolute atomic E-state index is 0.138. The van der Waals surface area contributed by atoms with Crippen molar-refractivity contribution in [2.24, 2.45) is 5.73 Å². The summed E-state index contributed by atoms with van der Waals surface area (Å²) in [5, 5.41) is 2.79. The Labute approximate surface area is 212 Å². The smallest absolute Gasteiger partial charge is 0.0964 e. The fourth-order valence-electron chi connectivity index (χ4n) is 4.36. The first-order valence-corrected chi connectivity index (χ1v) is 11.8. The number of fused-ring (bicyclic) bond motifs is 1. The molecule has 1 atom stereocenters. The number of aromatic amines is 1. The molecule has 0 bridgehead atoms. The van der Waals surface area contributed by atoms with E-state index in [1.807, 2.05) is 67.0 Å². The van der Waals surface area contributed by atoms with E-state index < -0.39 is 0 Å². The Balaban J connectivity index is 1.84. The molecule has 0 fully saturated rings. The number of benzene rings is 3. The highest BCUT2D eigenvalue weighted by molar-refractivity contribution is 6.35. The second-order valence-electron chi connectivity index (χ2n) is 8.15. The summed E-state index contributed by atoms with van der Waals surface area (Å²) >= 11 is 19.0. The predicted molar refractivity (Wildman–Crippen MR) is 143 cm³/mol. The van der Waals surface area contributed by atoms with Crippen LogP contribution in [-0.2, 0) is 0 Å². The van der Waals surface area contributed by atoms with Gasteiger partial charge in [-0.05, 0) is 36.8 Å². The van der Waals surface area contributed by atoms with Crippen molar-refractivity contribution in [3.05, 3.63) is 106 Å². The van der Waals surface area contributed by atoms with Crippen molar-refractivity contribution >= 4 is 51.4 Å². The molecule has 7 heteroatoms. The first-order valence-electron chi connectivity index (χ1n) is 10.7. The van der Waals surface area contributed by atoms with Crippen LogP contribution in [0, 0.1) is 0 Å². The average Bonchev–Trinajstić information content (AvgIpc) is 3.40. The molecule has 3 aromatic carbocycles. The number of nitrogens with zero attached hydrogens (tertiary/aromatic N) is 2. The molecule has 0 amide bonds. The molecule has 0 saturated heterocycles. The Hall–Kier alpha value is -3.18. The zero-order valence-electron chi connectivity index (χ0n) is 18.3. The lowest BCUT2D eigenvalue weighted by Crippen LogP contribution is -2.09. The first-order chi connectivity index (χ1) is 16.3. The van der Waals surface area contributed by atoms with E-state index in [1.165, 1.54) is 0 Å². The summed E-state index contributed by atoms with van der Waals surface area (Å²) in [5.41, 5.74) is 12.8. The van der Waals surface area contributed by atoms with Crippen molar-refractivity contribution in [1.29, 1.82) is 0 Å². The molecule has 0 aliphatic rings. The number of hydrogen-bond donors (Lipinski definition) is 2. The molecule has 2 aromatic heterocycles. The normalized spacial score (nSPS) is 12.2. The maximum absolute atomic E-state index is 6.60. The topological polar surface area (TPSA) is 59.6 Å². The third-order valence-corrected chi connectivity index (χ3v) is 6.79. The average molecular weight is 508 g/mol. The number of rotatable bonds is 5. The van der Waals surface area contributed by atoms with Gasteiger partial charge in [-0.25, -0.2) is 4.98 Å². The van der Waals surface area contributed by atoms with Gasteiger partial charge in [0.25, 0.3) is 0 Å². The fourth-order valence-corrected chi connectivity index (χ4v) is 5.09. The molecular weight excluding hydrogens is 487 g/mol. The number of halogens is 3. The number of hydrogen-bond acceptors (Lipinski definition) is 2. The SMILES string of the molecule is C=C(N)c1[nH]c2cc(Cl)ccc2c1-c1c(-c2ccccc2)ncn1C(C)c1ccc(Cl)cc1Cl. The maximum Gasteiger partial charge on any atom is 0.0964 e. The molecule has 2 heterocycles. The summed E-state index contributed by atoms with van der Waals surface area (Å²) in [4.78, 5) is 8.25. The summed E-state index contributed by atoms with van der Waals surface area (Å²) < 4.78 is 2.11. The van der Waals surface area contributed by atoms with E-state index in [0.717, 1.165) is 44.7 Å². The molecule has 5 rings (SSSR count). The van der Waals surface area contributed by atoms with Crippen molar-refractivity contribution in [2.45, 2.75) is 13.0 Å². The largest absolute Gasteiger partial charge is 0.398 e. The van der Waals surface area contributed by atoms with Crippen LogP contribution >= 0.6 is 34.8 Å². The van der Waals surface area contributed by atoms with Crippen LogP contribution in [0.1, 0.15) is 24.2 Å². The zero-order valence-corrected chi connectivity index (χ0v) is 20.6. The molecule has 0 radical (unpaired) electrons. The van der Waals surface area contributed by atoms with Gasteiger partial charge in [0, 0.05) is 42.8 Å². The van der Waals surface area contributed by atoms with Gasteiger partial charge < -0.3 is 15.3 Å². The van der Waals surface area contributed by atoms with Gasteiger partial charge in [-0.3, -0.25) is 0 Å². The Morgan fingerprint density at radius 2 is 1.71 bits per heavy atom. The zero-order chi connectivity index (χ0) is 24.0. The second-order valence-corrected chi connectivity index (χ2v) is 9.43. The van der Waals surface area contributed by atoms with E-state index in [4.69, 9.17) is 45.5 Å². The number of nitrogens with two attached hydrogens (primary N) is 1. The number of H-pyrrole nitrogens is 1. The maximum atomic E-state index is 6.60. The third kappa shape index (κ3) is 3.88. The summed E-state index contributed by atoms with van der Waals surface area (Å²) in [7, 11) is 0. The van der Waals surface area contributed by atoms with Gasteiger partial charge in [-0.1, -0.05) is 83.8 Å². The molecule has 1 unspecified atom stereocenters. The summed E-state index contributed by atoms with van der Waals surface area (Å²) in [6, 6.07) is 21.2. The van der Waals surface area contributed by atoms with E-state index in [2.05, 4.69) is 23.1 Å². The van der Waals surface area contributed by atoms with E-state index in [0.29, 0.717) is 20.8 Å². The minimum atomic E-state index is -0.138. The van der Waals surface area contributed by atoms with Crippen LogP contribution in [0.4, 0.5) is 0 Å². The van der Waals surface area contributed by atoms with Gasteiger partial charge in [-0.15, -0.1) is 0 Å². The van der Waals surface area contributed by atoms with Crippen LogP contribution in [0.25, 0.3) is 39.1 Å². The van der Waals surface area contributed by atoms with Crippen LogP contribution < -0.4 is 5.73 Å². The van der Waals surface area contributed by atoms with Crippen molar-refractivity contribution in [3.63, 3.8) is 0 Å². The molecule has 0 aliphatic carbocycles. The van der Waals surface area contributed by atoms with E-state index >= 15 is 0 Å². The lowest BCUT2D eigenvalue weighted by atomic mass is 9.99. The summed E-state index contributed by atoms with van der Waals surface area (Å²) in [5.74, 6) is 0. The van der Waals surface area contributed by atoms with Gasteiger partial charge in [0.1, 0.15) is 0 Å². The predicted octanol–water partition coefficient (Wildman–Crippen LogP) is 8.20. The van der Waals surface area contributed by atoms with E-state index in [9.17, 15) is 0 Å². The molecule has 0 saturated carbocycles. The van der Waals surface area contributed by atoms with Crippen molar-refractivity contribution in [1.82, 2.24) is 14.5 Å². The number of imidazole rings is 1. The van der Waals surface area contributed by atoms with Crippen LogP contribution in [0.15, 0.2) is 79.6 Å². The molecule has 0 aliphatic heterocycles. The van der Waals surface area contributed by atoms with Gasteiger partial charge in [0.05, 0.1) is 29.5 Å². The second kappa shape index (κ2) is 8.88. The van der Waals surface area contributed by atoms with Crippen molar-refractivity contribution in [3.8, 4) is 22.5 Å². The highest BCUT2D eigenvalue weighted by atomic mass is 35.5. The molecule has 34 heavy (non-hydrogen) atoms. The molecular formula is C27H21Cl3N4. The van der Waals surface area contributed by atoms with Gasteiger partial charge in [0.2, 0.25) is 0 Å². The fraction of sp³-hybridized carbons (Fsp3) is 0.0741. The van der Waals surface area contributed by atoms with Gasteiger partial charge in [0.15, 0.2) is 0 Å².